The molecular formula is C17H11ClN2O5S. The van der Waals surface area contributed by atoms with E-state index >= 15 is 0 Å². The summed E-state index contributed by atoms with van der Waals surface area (Å²) in [4.78, 5) is 36.0. The lowest BCUT2D eigenvalue weighted by Gasteiger charge is -2.05. The van der Waals surface area contributed by atoms with Crippen molar-refractivity contribution in [1.82, 2.24) is 5.32 Å². The fourth-order valence-electron chi connectivity index (χ4n) is 2.24. The number of hydrogen-bond acceptors (Lipinski definition) is 6. The number of benzene rings is 1. The number of ketones is 1. The Labute approximate surface area is 156 Å². The highest BCUT2D eigenvalue weighted by atomic mass is 35.5. The fourth-order valence-corrected chi connectivity index (χ4v) is 3.30. The SMILES string of the molecule is O=C(c1ccco1)c1ccc(CNC(=O)c2cc(Cl)ccc2[N+](=O)[O-])s1. The fraction of sp³-hybridized carbons (Fsp3) is 0.0588. The summed E-state index contributed by atoms with van der Waals surface area (Å²) in [6.45, 7) is 0.124. The van der Waals surface area contributed by atoms with Gasteiger partial charge in [0, 0.05) is 16.0 Å². The number of carbonyl (C=O) groups is 2. The summed E-state index contributed by atoms with van der Waals surface area (Å²) in [5.41, 5.74) is -0.447. The lowest BCUT2D eigenvalue weighted by atomic mass is 10.1. The number of nitro groups is 1. The molecule has 3 rings (SSSR count). The minimum atomic E-state index is -0.642. The zero-order valence-electron chi connectivity index (χ0n) is 13.1. The molecule has 0 saturated heterocycles. The molecule has 132 valence electrons. The highest BCUT2D eigenvalue weighted by Gasteiger charge is 2.21. The third-order valence-electron chi connectivity index (χ3n) is 3.45. The Morgan fingerprint density at radius 3 is 2.73 bits per heavy atom. The topological polar surface area (TPSA) is 102 Å². The molecule has 0 unspecified atom stereocenters. The number of nitro benzene ring substituents is 1. The summed E-state index contributed by atoms with van der Waals surface area (Å²) in [7, 11) is 0. The number of amides is 1. The van der Waals surface area contributed by atoms with Crippen LogP contribution in [0.3, 0.4) is 0 Å². The van der Waals surface area contributed by atoms with Crippen LogP contribution < -0.4 is 5.32 Å². The molecule has 0 saturated carbocycles. The first-order chi connectivity index (χ1) is 12.5. The van der Waals surface area contributed by atoms with Gasteiger partial charge in [0.25, 0.3) is 11.6 Å². The molecular weight excluding hydrogens is 380 g/mol. The van der Waals surface area contributed by atoms with Crippen molar-refractivity contribution in [1.29, 1.82) is 0 Å². The summed E-state index contributed by atoms with van der Waals surface area (Å²) >= 11 is 7.03. The van der Waals surface area contributed by atoms with Crippen molar-refractivity contribution in [2.24, 2.45) is 0 Å². The number of nitrogens with zero attached hydrogens (tertiary/aromatic N) is 1. The van der Waals surface area contributed by atoms with Gasteiger partial charge in [0.05, 0.1) is 22.6 Å². The van der Waals surface area contributed by atoms with E-state index in [1.165, 1.54) is 35.8 Å². The lowest BCUT2D eigenvalue weighted by molar-refractivity contribution is -0.385. The Bertz CT molecular complexity index is 981. The third-order valence-corrected chi connectivity index (χ3v) is 4.77. The van der Waals surface area contributed by atoms with E-state index in [0.29, 0.717) is 4.88 Å². The molecule has 0 aliphatic rings. The summed E-state index contributed by atoms with van der Waals surface area (Å²) < 4.78 is 5.07. The monoisotopic (exact) mass is 390 g/mol. The number of thiophene rings is 1. The summed E-state index contributed by atoms with van der Waals surface area (Å²) in [6, 6.07) is 10.3. The molecule has 0 radical (unpaired) electrons. The number of furan rings is 1. The molecule has 2 heterocycles. The van der Waals surface area contributed by atoms with Gasteiger partial charge in [-0.05, 0) is 36.4 Å². The molecule has 1 aromatic carbocycles. The zero-order valence-corrected chi connectivity index (χ0v) is 14.7. The smallest absolute Gasteiger partial charge is 0.282 e. The average Bonchev–Trinajstić information content (AvgIpc) is 3.30. The van der Waals surface area contributed by atoms with Gasteiger partial charge in [0.15, 0.2) is 5.76 Å². The zero-order chi connectivity index (χ0) is 18.7. The van der Waals surface area contributed by atoms with E-state index in [1.807, 2.05) is 0 Å². The van der Waals surface area contributed by atoms with Crippen molar-refractivity contribution in [2.75, 3.05) is 0 Å². The maximum atomic E-state index is 12.3. The van der Waals surface area contributed by atoms with Crippen molar-refractivity contribution in [3.8, 4) is 0 Å². The molecule has 1 amide bonds. The second kappa shape index (κ2) is 7.51. The largest absolute Gasteiger partial charge is 0.461 e. The lowest BCUT2D eigenvalue weighted by Crippen LogP contribution is -2.23. The second-order valence-corrected chi connectivity index (χ2v) is 6.78. The molecule has 7 nitrogen and oxygen atoms in total. The van der Waals surface area contributed by atoms with Gasteiger partial charge in [-0.25, -0.2) is 0 Å². The number of hydrogen-bond donors (Lipinski definition) is 1. The van der Waals surface area contributed by atoms with Crippen LogP contribution in [-0.2, 0) is 6.54 Å². The average molecular weight is 391 g/mol. The summed E-state index contributed by atoms with van der Waals surface area (Å²) in [5.74, 6) is -0.633. The molecule has 0 atom stereocenters. The van der Waals surface area contributed by atoms with E-state index in [4.69, 9.17) is 16.0 Å². The van der Waals surface area contributed by atoms with Crippen LogP contribution in [0, 0.1) is 10.1 Å². The van der Waals surface area contributed by atoms with Crippen LogP contribution in [0.2, 0.25) is 5.02 Å². The van der Waals surface area contributed by atoms with Crippen LogP contribution in [0.25, 0.3) is 0 Å². The van der Waals surface area contributed by atoms with E-state index in [0.717, 1.165) is 4.88 Å². The van der Waals surface area contributed by atoms with Crippen LogP contribution in [0.15, 0.2) is 53.1 Å². The maximum Gasteiger partial charge on any atom is 0.282 e. The van der Waals surface area contributed by atoms with Crippen LogP contribution in [-0.4, -0.2) is 16.6 Å². The molecule has 0 spiro atoms. The van der Waals surface area contributed by atoms with Crippen molar-refractivity contribution < 1.29 is 18.9 Å². The van der Waals surface area contributed by atoms with Gasteiger partial charge in [-0.1, -0.05) is 11.6 Å². The molecule has 3 aromatic rings. The van der Waals surface area contributed by atoms with Crippen molar-refractivity contribution >= 4 is 40.3 Å². The molecule has 0 bridgehead atoms. The number of rotatable bonds is 6. The van der Waals surface area contributed by atoms with Gasteiger partial charge in [-0.3, -0.25) is 19.7 Å². The normalized spacial score (nSPS) is 10.5. The van der Waals surface area contributed by atoms with Gasteiger partial charge in [-0.15, -0.1) is 11.3 Å². The molecule has 1 N–H and O–H groups in total. The molecule has 0 aliphatic carbocycles. The number of halogens is 1. The van der Waals surface area contributed by atoms with Crippen molar-refractivity contribution in [3.05, 3.63) is 84.9 Å². The molecule has 9 heteroatoms. The first kappa shape index (κ1) is 17.8. The van der Waals surface area contributed by atoms with Gasteiger partial charge >= 0.3 is 0 Å². The van der Waals surface area contributed by atoms with Crippen molar-refractivity contribution in [3.63, 3.8) is 0 Å². The Morgan fingerprint density at radius 1 is 1.23 bits per heavy atom. The van der Waals surface area contributed by atoms with Gasteiger partial charge in [0.2, 0.25) is 5.78 Å². The standard InChI is InChI=1S/C17H11ClN2O5S/c18-10-3-5-13(20(23)24)12(8-10)17(22)19-9-11-4-6-15(26-11)16(21)14-2-1-7-25-14/h1-8H,9H2,(H,19,22). The first-order valence-corrected chi connectivity index (χ1v) is 8.54. The van der Waals surface area contributed by atoms with E-state index in [-0.39, 0.29) is 34.4 Å². The second-order valence-electron chi connectivity index (χ2n) is 5.17. The van der Waals surface area contributed by atoms with Crippen LogP contribution in [0.5, 0.6) is 0 Å². The quantitative estimate of drug-likeness (QED) is 0.388. The molecule has 0 fully saturated rings. The summed E-state index contributed by atoms with van der Waals surface area (Å²) in [5, 5.41) is 13.9. The third kappa shape index (κ3) is 3.81. The van der Waals surface area contributed by atoms with Crippen LogP contribution in [0.1, 0.15) is 30.7 Å². The van der Waals surface area contributed by atoms with Crippen LogP contribution >= 0.6 is 22.9 Å². The van der Waals surface area contributed by atoms with Gasteiger partial charge in [-0.2, -0.15) is 0 Å². The Kier molecular flexibility index (Phi) is 5.15. The number of nitrogens with one attached hydrogen (secondary N) is 1. The van der Waals surface area contributed by atoms with E-state index in [2.05, 4.69) is 5.32 Å². The highest BCUT2D eigenvalue weighted by Crippen LogP contribution is 2.24. The van der Waals surface area contributed by atoms with E-state index < -0.39 is 10.8 Å². The Balaban J connectivity index is 1.70. The van der Waals surface area contributed by atoms with Crippen molar-refractivity contribution in [2.45, 2.75) is 6.54 Å². The highest BCUT2D eigenvalue weighted by molar-refractivity contribution is 7.14. The maximum absolute atomic E-state index is 12.3. The van der Waals surface area contributed by atoms with Crippen LogP contribution in [0.4, 0.5) is 5.69 Å². The first-order valence-electron chi connectivity index (χ1n) is 7.35. The number of carbonyl (C=O) groups excluding carboxylic acids is 2. The van der Waals surface area contributed by atoms with Gasteiger partial charge in [0.1, 0.15) is 5.56 Å². The minimum absolute atomic E-state index is 0.119. The molecule has 26 heavy (non-hydrogen) atoms. The Hall–Kier alpha value is -2.97. The minimum Gasteiger partial charge on any atom is -0.461 e. The molecule has 0 aliphatic heterocycles. The predicted molar refractivity (Wildman–Crippen MR) is 95.7 cm³/mol. The van der Waals surface area contributed by atoms with E-state index in [9.17, 15) is 19.7 Å². The van der Waals surface area contributed by atoms with Gasteiger partial charge < -0.3 is 9.73 Å². The predicted octanol–water partition coefficient (Wildman–Crippen LogP) is 4.06. The van der Waals surface area contributed by atoms with E-state index in [1.54, 1.807) is 24.3 Å². The Morgan fingerprint density at radius 2 is 2.04 bits per heavy atom. The summed E-state index contributed by atoms with van der Waals surface area (Å²) in [6.07, 6.45) is 1.42. The molecule has 2 aromatic heterocycles.